The number of hydrogen-bond acceptors (Lipinski definition) is 5. The number of benzene rings is 2. The second kappa shape index (κ2) is 8.73. The molecule has 0 aliphatic carbocycles. The lowest BCUT2D eigenvalue weighted by atomic mass is 10.1. The Kier molecular flexibility index (Phi) is 6.39. The molecule has 0 saturated heterocycles. The van der Waals surface area contributed by atoms with Crippen LogP contribution in [0.4, 0.5) is 0 Å². The van der Waals surface area contributed by atoms with Crippen molar-refractivity contribution in [1.82, 2.24) is 0 Å². The third-order valence-corrected chi connectivity index (χ3v) is 3.32. The SMILES string of the molecule is CCOc1ccc(C(=O)O/N=C(\N)c2cccc(C)c2)cc1OCC. The number of nitrogens with zero attached hydrogens (tertiary/aromatic N) is 1. The van der Waals surface area contributed by atoms with Crippen molar-refractivity contribution in [1.29, 1.82) is 0 Å². The molecule has 2 rings (SSSR count). The number of amidine groups is 1. The van der Waals surface area contributed by atoms with E-state index < -0.39 is 5.97 Å². The summed E-state index contributed by atoms with van der Waals surface area (Å²) in [5.41, 5.74) is 7.88. The summed E-state index contributed by atoms with van der Waals surface area (Å²) in [7, 11) is 0. The molecule has 2 aromatic rings. The van der Waals surface area contributed by atoms with Gasteiger partial charge in [-0.1, -0.05) is 28.9 Å². The molecule has 0 radical (unpaired) electrons. The molecule has 0 saturated carbocycles. The molecule has 0 bridgehead atoms. The second-order valence-electron chi connectivity index (χ2n) is 5.25. The van der Waals surface area contributed by atoms with Crippen molar-refractivity contribution in [2.75, 3.05) is 13.2 Å². The Labute approximate surface area is 147 Å². The van der Waals surface area contributed by atoms with Crippen LogP contribution in [0.1, 0.15) is 35.3 Å². The maximum absolute atomic E-state index is 12.2. The van der Waals surface area contributed by atoms with Crippen molar-refractivity contribution >= 4 is 11.8 Å². The van der Waals surface area contributed by atoms with E-state index in [0.717, 1.165) is 5.56 Å². The van der Waals surface area contributed by atoms with Crippen LogP contribution in [0, 0.1) is 6.92 Å². The van der Waals surface area contributed by atoms with Gasteiger partial charge in [-0.05, 0) is 45.0 Å². The van der Waals surface area contributed by atoms with E-state index in [1.54, 1.807) is 24.3 Å². The molecule has 6 nitrogen and oxygen atoms in total. The average molecular weight is 342 g/mol. The molecule has 0 aliphatic heterocycles. The molecule has 0 unspecified atom stereocenters. The van der Waals surface area contributed by atoms with Gasteiger partial charge in [0.15, 0.2) is 17.3 Å². The second-order valence-corrected chi connectivity index (χ2v) is 5.25. The van der Waals surface area contributed by atoms with Crippen molar-refractivity contribution in [2.24, 2.45) is 10.9 Å². The number of carbonyl (C=O) groups is 1. The van der Waals surface area contributed by atoms with E-state index in [9.17, 15) is 4.79 Å². The minimum absolute atomic E-state index is 0.132. The summed E-state index contributed by atoms with van der Waals surface area (Å²) in [6.45, 7) is 6.63. The highest BCUT2D eigenvalue weighted by atomic mass is 16.7. The Bertz CT molecular complexity index is 772. The van der Waals surface area contributed by atoms with E-state index in [1.807, 2.05) is 39.0 Å². The first-order valence-corrected chi connectivity index (χ1v) is 8.06. The van der Waals surface area contributed by atoms with Gasteiger partial charge in [-0.25, -0.2) is 4.79 Å². The van der Waals surface area contributed by atoms with Gasteiger partial charge in [0.2, 0.25) is 0 Å². The van der Waals surface area contributed by atoms with E-state index >= 15 is 0 Å². The molecule has 0 atom stereocenters. The minimum Gasteiger partial charge on any atom is -0.490 e. The lowest BCUT2D eigenvalue weighted by molar-refractivity contribution is 0.0515. The molecule has 2 N–H and O–H groups in total. The quantitative estimate of drug-likeness (QED) is 0.361. The molecular weight excluding hydrogens is 320 g/mol. The molecule has 0 amide bonds. The fourth-order valence-corrected chi connectivity index (χ4v) is 2.18. The highest BCUT2D eigenvalue weighted by Crippen LogP contribution is 2.28. The van der Waals surface area contributed by atoms with E-state index in [4.69, 9.17) is 20.0 Å². The van der Waals surface area contributed by atoms with Crippen LogP contribution >= 0.6 is 0 Å². The predicted molar refractivity (Wildman–Crippen MR) is 96.1 cm³/mol. The van der Waals surface area contributed by atoms with E-state index in [1.165, 1.54) is 0 Å². The molecule has 0 aromatic heterocycles. The van der Waals surface area contributed by atoms with Gasteiger partial charge in [0.1, 0.15) is 0 Å². The number of carbonyl (C=O) groups excluding carboxylic acids is 1. The van der Waals surface area contributed by atoms with Gasteiger partial charge in [0.05, 0.1) is 18.8 Å². The van der Waals surface area contributed by atoms with Gasteiger partial charge in [-0.2, -0.15) is 0 Å². The average Bonchev–Trinajstić information content (AvgIpc) is 2.61. The van der Waals surface area contributed by atoms with Crippen molar-refractivity contribution in [2.45, 2.75) is 20.8 Å². The zero-order valence-corrected chi connectivity index (χ0v) is 14.6. The van der Waals surface area contributed by atoms with Crippen LogP contribution in [-0.4, -0.2) is 25.0 Å². The Balaban J connectivity index is 2.14. The molecule has 0 fully saturated rings. The number of hydrogen-bond donors (Lipinski definition) is 1. The van der Waals surface area contributed by atoms with Crippen LogP contribution in [0.15, 0.2) is 47.6 Å². The van der Waals surface area contributed by atoms with E-state index in [2.05, 4.69) is 5.16 Å². The maximum Gasteiger partial charge on any atom is 0.365 e. The van der Waals surface area contributed by atoms with Crippen LogP contribution in [0.25, 0.3) is 0 Å². The third kappa shape index (κ3) is 4.97. The van der Waals surface area contributed by atoms with Gasteiger partial charge >= 0.3 is 5.97 Å². The lowest BCUT2D eigenvalue weighted by Crippen LogP contribution is -2.15. The first-order valence-electron chi connectivity index (χ1n) is 8.06. The third-order valence-electron chi connectivity index (χ3n) is 3.32. The molecular formula is C19H22N2O4. The van der Waals surface area contributed by atoms with Gasteiger partial charge in [-0.3, -0.25) is 0 Å². The summed E-state index contributed by atoms with van der Waals surface area (Å²) in [6, 6.07) is 12.3. The summed E-state index contributed by atoms with van der Waals surface area (Å²) in [6.07, 6.45) is 0. The van der Waals surface area contributed by atoms with Crippen LogP contribution in [0.5, 0.6) is 11.5 Å². The number of nitrogens with two attached hydrogens (primary N) is 1. The highest BCUT2D eigenvalue weighted by Gasteiger charge is 2.13. The van der Waals surface area contributed by atoms with Gasteiger partial charge in [0, 0.05) is 5.56 Å². The largest absolute Gasteiger partial charge is 0.490 e. The summed E-state index contributed by atoms with van der Waals surface area (Å²) in [5.74, 6) is 0.561. The topological polar surface area (TPSA) is 83.1 Å². The van der Waals surface area contributed by atoms with Crippen LogP contribution < -0.4 is 15.2 Å². The molecule has 0 spiro atoms. The molecule has 2 aromatic carbocycles. The van der Waals surface area contributed by atoms with Gasteiger partial charge in [0.25, 0.3) is 0 Å². The first-order chi connectivity index (χ1) is 12.0. The Morgan fingerprint density at radius 2 is 1.72 bits per heavy atom. The summed E-state index contributed by atoms with van der Waals surface area (Å²) < 4.78 is 11.0. The van der Waals surface area contributed by atoms with Crippen molar-refractivity contribution < 1.29 is 19.1 Å². The fraction of sp³-hybridized carbons (Fsp3) is 0.263. The zero-order valence-electron chi connectivity index (χ0n) is 14.6. The molecule has 6 heteroatoms. The Morgan fingerprint density at radius 1 is 1.00 bits per heavy atom. The Hall–Kier alpha value is -3.02. The highest BCUT2D eigenvalue weighted by molar-refractivity contribution is 5.98. The molecule has 0 aliphatic rings. The zero-order chi connectivity index (χ0) is 18.2. The standard InChI is InChI=1S/C19H22N2O4/c1-4-23-16-10-9-15(12-17(16)24-5-2)19(22)25-21-18(20)14-8-6-7-13(3)11-14/h6-12H,4-5H2,1-3H3,(H2,20,21). The lowest BCUT2D eigenvalue weighted by Gasteiger charge is -2.11. The van der Waals surface area contributed by atoms with Crippen molar-refractivity contribution in [3.05, 3.63) is 59.2 Å². The normalized spacial score (nSPS) is 11.1. The predicted octanol–water partition coefficient (Wildman–Crippen LogP) is 3.27. The summed E-state index contributed by atoms with van der Waals surface area (Å²) >= 11 is 0. The molecule has 0 heterocycles. The smallest absolute Gasteiger partial charge is 0.365 e. The number of rotatable bonds is 7. The number of ether oxygens (including phenoxy) is 2. The monoisotopic (exact) mass is 342 g/mol. The minimum atomic E-state index is -0.625. The van der Waals surface area contributed by atoms with Crippen LogP contribution in [-0.2, 0) is 4.84 Å². The van der Waals surface area contributed by atoms with Gasteiger partial charge < -0.3 is 20.0 Å². The van der Waals surface area contributed by atoms with Crippen molar-refractivity contribution in [3.63, 3.8) is 0 Å². The number of aryl methyl sites for hydroxylation is 1. The van der Waals surface area contributed by atoms with Crippen LogP contribution in [0.2, 0.25) is 0 Å². The Morgan fingerprint density at radius 3 is 2.40 bits per heavy atom. The summed E-state index contributed by atoms with van der Waals surface area (Å²) in [5, 5.41) is 3.72. The van der Waals surface area contributed by atoms with Crippen molar-refractivity contribution in [3.8, 4) is 11.5 Å². The van der Waals surface area contributed by atoms with Crippen LogP contribution in [0.3, 0.4) is 0 Å². The maximum atomic E-state index is 12.2. The van der Waals surface area contributed by atoms with E-state index in [0.29, 0.717) is 35.8 Å². The molecule has 25 heavy (non-hydrogen) atoms. The number of oxime groups is 1. The fourth-order valence-electron chi connectivity index (χ4n) is 2.18. The van der Waals surface area contributed by atoms with E-state index in [-0.39, 0.29) is 5.84 Å². The van der Waals surface area contributed by atoms with Gasteiger partial charge in [-0.15, -0.1) is 0 Å². The molecule has 132 valence electrons. The summed E-state index contributed by atoms with van der Waals surface area (Å²) in [4.78, 5) is 17.1. The first kappa shape index (κ1) is 18.3.